The van der Waals surface area contributed by atoms with Gasteiger partial charge >= 0.3 is 0 Å². The number of nitrogens with one attached hydrogen (secondary N) is 2. The largest absolute Gasteiger partial charge is 0.492 e. The molecular formula is C27H31N3O4S. The van der Waals surface area contributed by atoms with Crippen molar-refractivity contribution in [3.05, 3.63) is 69.9 Å². The summed E-state index contributed by atoms with van der Waals surface area (Å²) in [5, 5.41) is 8.02. The summed E-state index contributed by atoms with van der Waals surface area (Å²) in [6.07, 6.45) is 0.957. The Morgan fingerprint density at radius 1 is 1.00 bits per heavy atom. The zero-order valence-corrected chi connectivity index (χ0v) is 21.1. The van der Waals surface area contributed by atoms with Gasteiger partial charge in [0.25, 0.3) is 5.91 Å². The molecule has 1 atom stereocenters. The molecule has 0 bridgehead atoms. The van der Waals surface area contributed by atoms with Gasteiger partial charge in [0, 0.05) is 35.2 Å². The molecule has 1 aliphatic heterocycles. The summed E-state index contributed by atoms with van der Waals surface area (Å²) < 4.78 is 11.6. The molecule has 0 radical (unpaired) electrons. The number of amides is 2. The van der Waals surface area contributed by atoms with Crippen LogP contribution >= 0.6 is 11.3 Å². The molecule has 8 heteroatoms. The highest BCUT2D eigenvalue weighted by molar-refractivity contribution is 7.10. The fraction of sp³-hybridized carbons (Fsp3) is 0.333. The normalized spacial score (nSPS) is 15.2. The number of benzene rings is 2. The Balaban J connectivity index is 1.53. The second-order valence-corrected chi connectivity index (χ2v) is 9.28. The molecule has 0 fully saturated rings. The molecule has 0 saturated heterocycles. The molecule has 3 aromatic rings. The van der Waals surface area contributed by atoms with Crippen molar-refractivity contribution in [3.8, 4) is 11.5 Å². The van der Waals surface area contributed by atoms with Gasteiger partial charge in [0.1, 0.15) is 11.5 Å². The average molecular weight is 494 g/mol. The molecule has 2 amide bonds. The lowest BCUT2D eigenvalue weighted by atomic mass is 10.0. The van der Waals surface area contributed by atoms with Gasteiger partial charge in [-0.15, -0.1) is 11.3 Å². The lowest BCUT2D eigenvalue weighted by Gasteiger charge is -2.33. The van der Waals surface area contributed by atoms with Crippen molar-refractivity contribution in [2.45, 2.75) is 33.2 Å². The SMILES string of the molecule is CCOc1cc(NC(=O)c2ccccc2)c(OCC)cc1NC(=O)CN1CCc2sccc2C1C. The van der Waals surface area contributed by atoms with E-state index in [-0.39, 0.29) is 24.4 Å². The van der Waals surface area contributed by atoms with Crippen molar-refractivity contribution < 1.29 is 19.1 Å². The van der Waals surface area contributed by atoms with Crippen LogP contribution < -0.4 is 20.1 Å². The Bertz CT molecular complexity index is 1180. The molecule has 2 N–H and O–H groups in total. The predicted octanol–water partition coefficient (Wildman–Crippen LogP) is 5.36. The molecule has 0 saturated carbocycles. The highest BCUT2D eigenvalue weighted by atomic mass is 32.1. The van der Waals surface area contributed by atoms with E-state index in [1.807, 2.05) is 32.0 Å². The number of carbonyl (C=O) groups excluding carboxylic acids is 2. The summed E-state index contributed by atoms with van der Waals surface area (Å²) in [4.78, 5) is 29.4. The summed E-state index contributed by atoms with van der Waals surface area (Å²) >= 11 is 1.78. The van der Waals surface area contributed by atoms with E-state index in [2.05, 4.69) is 33.9 Å². The minimum absolute atomic E-state index is 0.125. The van der Waals surface area contributed by atoms with Crippen molar-refractivity contribution >= 4 is 34.5 Å². The molecule has 2 aromatic carbocycles. The summed E-state index contributed by atoms with van der Waals surface area (Å²) in [5.41, 5.74) is 2.84. The van der Waals surface area contributed by atoms with Crippen molar-refractivity contribution in [3.63, 3.8) is 0 Å². The number of ether oxygens (including phenoxy) is 2. The first-order chi connectivity index (χ1) is 17.0. The smallest absolute Gasteiger partial charge is 0.255 e. The van der Waals surface area contributed by atoms with Crippen LogP contribution in [0.5, 0.6) is 11.5 Å². The fourth-order valence-electron chi connectivity index (χ4n) is 4.24. The Kier molecular flexibility index (Phi) is 8.05. The molecule has 184 valence electrons. The standard InChI is InChI=1S/C27H31N3O4S/c1-4-33-23-16-22(29-27(32)19-9-7-6-8-10-19)24(34-5-2)15-21(23)28-26(31)17-30-13-11-25-20(18(30)3)12-14-35-25/h6-10,12,14-16,18H,4-5,11,13,17H2,1-3H3,(H,28,31)(H,29,32). The van der Waals surface area contributed by atoms with E-state index in [1.165, 1.54) is 10.4 Å². The summed E-state index contributed by atoms with van der Waals surface area (Å²) in [6.45, 7) is 7.82. The van der Waals surface area contributed by atoms with Crippen LogP contribution in [0.25, 0.3) is 0 Å². The number of thiophene rings is 1. The molecule has 0 spiro atoms. The molecule has 1 aliphatic rings. The number of anilines is 2. The topological polar surface area (TPSA) is 79.9 Å². The van der Waals surface area contributed by atoms with Crippen LogP contribution in [0, 0.1) is 0 Å². The lowest BCUT2D eigenvalue weighted by molar-refractivity contribution is -0.117. The van der Waals surface area contributed by atoms with E-state index >= 15 is 0 Å². The summed E-state index contributed by atoms with van der Waals surface area (Å²) in [5.74, 6) is 0.557. The zero-order chi connectivity index (χ0) is 24.8. The van der Waals surface area contributed by atoms with Crippen molar-refractivity contribution in [1.29, 1.82) is 0 Å². The van der Waals surface area contributed by atoms with Crippen LogP contribution in [-0.4, -0.2) is 43.0 Å². The Morgan fingerprint density at radius 3 is 2.31 bits per heavy atom. The first-order valence-corrected chi connectivity index (χ1v) is 12.8. The third-order valence-electron chi connectivity index (χ3n) is 5.99. The molecule has 4 rings (SSSR count). The minimum atomic E-state index is -0.252. The van der Waals surface area contributed by atoms with Crippen LogP contribution in [0.1, 0.15) is 47.6 Å². The molecule has 2 heterocycles. The third-order valence-corrected chi connectivity index (χ3v) is 6.99. The average Bonchev–Trinajstić information content (AvgIpc) is 3.34. The molecule has 7 nitrogen and oxygen atoms in total. The van der Waals surface area contributed by atoms with Crippen molar-refractivity contribution in [2.75, 3.05) is 36.9 Å². The second kappa shape index (κ2) is 11.4. The van der Waals surface area contributed by atoms with Crippen LogP contribution in [0.4, 0.5) is 11.4 Å². The van der Waals surface area contributed by atoms with Crippen molar-refractivity contribution in [2.24, 2.45) is 0 Å². The predicted molar refractivity (Wildman–Crippen MR) is 140 cm³/mol. The number of nitrogens with zero attached hydrogens (tertiary/aromatic N) is 1. The molecular weight excluding hydrogens is 462 g/mol. The summed E-state index contributed by atoms with van der Waals surface area (Å²) in [7, 11) is 0. The Labute approximate surface area is 210 Å². The maximum absolute atomic E-state index is 13.0. The van der Waals surface area contributed by atoms with Crippen LogP contribution in [0.2, 0.25) is 0 Å². The highest BCUT2D eigenvalue weighted by Gasteiger charge is 2.26. The number of hydrogen-bond acceptors (Lipinski definition) is 6. The number of carbonyl (C=O) groups is 2. The lowest BCUT2D eigenvalue weighted by Crippen LogP contribution is -2.39. The zero-order valence-electron chi connectivity index (χ0n) is 20.3. The number of fused-ring (bicyclic) bond motifs is 1. The first-order valence-electron chi connectivity index (χ1n) is 11.9. The number of hydrogen-bond donors (Lipinski definition) is 2. The Hall–Kier alpha value is -3.36. The quantitative estimate of drug-likeness (QED) is 0.420. The minimum Gasteiger partial charge on any atom is -0.492 e. The monoisotopic (exact) mass is 493 g/mol. The number of rotatable bonds is 9. The van der Waals surface area contributed by atoms with Crippen LogP contribution in [0.15, 0.2) is 53.9 Å². The maximum Gasteiger partial charge on any atom is 0.255 e. The molecule has 1 unspecified atom stereocenters. The molecule has 1 aromatic heterocycles. The van der Waals surface area contributed by atoms with Gasteiger partial charge < -0.3 is 20.1 Å². The van der Waals surface area contributed by atoms with E-state index in [9.17, 15) is 9.59 Å². The van der Waals surface area contributed by atoms with Crippen LogP contribution in [0.3, 0.4) is 0 Å². The van der Waals surface area contributed by atoms with Gasteiger partial charge in [-0.25, -0.2) is 0 Å². The van der Waals surface area contributed by atoms with E-state index in [4.69, 9.17) is 9.47 Å². The Morgan fingerprint density at radius 2 is 1.66 bits per heavy atom. The van der Waals surface area contributed by atoms with Gasteiger partial charge in [0.15, 0.2) is 0 Å². The second-order valence-electron chi connectivity index (χ2n) is 8.27. The van der Waals surface area contributed by atoms with Gasteiger partial charge in [-0.3, -0.25) is 14.5 Å². The van der Waals surface area contributed by atoms with E-state index in [0.29, 0.717) is 41.7 Å². The van der Waals surface area contributed by atoms with Gasteiger partial charge in [-0.05, 0) is 56.3 Å². The highest BCUT2D eigenvalue weighted by Crippen LogP contribution is 2.38. The van der Waals surface area contributed by atoms with E-state index < -0.39 is 0 Å². The maximum atomic E-state index is 13.0. The van der Waals surface area contributed by atoms with Gasteiger partial charge in [-0.1, -0.05) is 18.2 Å². The fourth-order valence-corrected chi connectivity index (χ4v) is 5.20. The third kappa shape index (κ3) is 5.83. The molecule has 35 heavy (non-hydrogen) atoms. The van der Waals surface area contributed by atoms with Gasteiger partial charge in [0.05, 0.1) is 31.1 Å². The van der Waals surface area contributed by atoms with E-state index in [0.717, 1.165) is 13.0 Å². The van der Waals surface area contributed by atoms with E-state index in [1.54, 1.807) is 35.6 Å². The van der Waals surface area contributed by atoms with Crippen LogP contribution in [-0.2, 0) is 11.2 Å². The van der Waals surface area contributed by atoms with Gasteiger partial charge in [-0.2, -0.15) is 0 Å². The van der Waals surface area contributed by atoms with Crippen molar-refractivity contribution in [1.82, 2.24) is 4.90 Å². The molecule has 0 aliphatic carbocycles. The van der Waals surface area contributed by atoms with Gasteiger partial charge in [0.2, 0.25) is 5.91 Å². The first kappa shape index (κ1) is 24.8. The summed E-state index contributed by atoms with van der Waals surface area (Å²) in [6, 6.07) is 14.7.